The van der Waals surface area contributed by atoms with Crippen molar-refractivity contribution in [1.29, 1.82) is 0 Å². The predicted molar refractivity (Wildman–Crippen MR) is 121 cm³/mol. The highest BCUT2D eigenvalue weighted by atomic mass is 16.5. The van der Waals surface area contributed by atoms with E-state index >= 15 is 0 Å². The van der Waals surface area contributed by atoms with E-state index in [0.29, 0.717) is 22.8 Å². The minimum Gasteiger partial charge on any atom is -0.493 e. The van der Waals surface area contributed by atoms with Crippen LogP contribution in [0.1, 0.15) is 10.4 Å². The molecule has 0 radical (unpaired) electrons. The van der Waals surface area contributed by atoms with Gasteiger partial charge in [0.2, 0.25) is 5.75 Å². The Bertz CT molecular complexity index is 1190. The van der Waals surface area contributed by atoms with Gasteiger partial charge in [-0.2, -0.15) is 0 Å². The van der Waals surface area contributed by atoms with E-state index in [0.717, 1.165) is 27.5 Å². The van der Waals surface area contributed by atoms with Crippen LogP contribution in [-0.2, 0) is 0 Å². The van der Waals surface area contributed by atoms with Crippen LogP contribution in [0.2, 0.25) is 0 Å². The lowest BCUT2D eigenvalue weighted by Gasteiger charge is -2.24. The van der Waals surface area contributed by atoms with Crippen molar-refractivity contribution in [2.24, 2.45) is 0 Å². The third kappa shape index (κ3) is 3.66. The Labute approximate surface area is 180 Å². The molecule has 0 aliphatic rings. The molecule has 3 aromatic carbocycles. The second-order valence-electron chi connectivity index (χ2n) is 6.91. The van der Waals surface area contributed by atoms with Crippen molar-refractivity contribution in [3.63, 3.8) is 0 Å². The molecule has 0 saturated heterocycles. The molecule has 0 aliphatic heterocycles. The summed E-state index contributed by atoms with van der Waals surface area (Å²) in [5.41, 5.74) is 5.90. The Kier molecular flexibility index (Phi) is 5.49. The minimum atomic E-state index is -0.313. The molecule has 0 unspecified atom stereocenters. The van der Waals surface area contributed by atoms with Crippen LogP contribution in [0.25, 0.3) is 21.8 Å². The normalized spacial score (nSPS) is 10.7. The average Bonchev–Trinajstić information content (AvgIpc) is 2.81. The average molecular weight is 417 g/mol. The molecule has 0 spiro atoms. The van der Waals surface area contributed by atoms with Gasteiger partial charge in [0.1, 0.15) is 0 Å². The number of methoxy groups -OCH3 is 3. The molecule has 0 saturated carbocycles. The number of hydrazine groups is 1. The van der Waals surface area contributed by atoms with Crippen molar-refractivity contribution in [3.05, 3.63) is 66.2 Å². The molecule has 1 amide bonds. The van der Waals surface area contributed by atoms with Gasteiger partial charge < -0.3 is 14.2 Å². The molecule has 31 heavy (non-hydrogen) atoms. The van der Waals surface area contributed by atoms with Gasteiger partial charge in [0.15, 0.2) is 11.5 Å². The van der Waals surface area contributed by atoms with Crippen LogP contribution in [0.15, 0.2) is 60.7 Å². The Morgan fingerprint density at radius 3 is 1.84 bits per heavy atom. The number of amides is 1. The van der Waals surface area contributed by atoms with E-state index < -0.39 is 0 Å². The number of rotatable bonds is 6. The number of aromatic nitrogens is 1. The third-order valence-electron chi connectivity index (χ3n) is 5.09. The van der Waals surface area contributed by atoms with E-state index in [1.54, 1.807) is 17.1 Å². The van der Waals surface area contributed by atoms with Gasteiger partial charge in [-0.05, 0) is 24.3 Å². The van der Waals surface area contributed by atoms with E-state index in [4.69, 9.17) is 19.2 Å². The first kappa shape index (κ1) is 20.3. The summed E-state index contributed by atoms with van der Waals surface area (Å²) in [6.07, 6.45) is 0. The monoisotopic (exact) mass is 417 g/mol. The minimum absolute atomic E-state index is 0.313. The fourth-order valence-electron chi connectivity index (χ4n) is 3.66. The van der Waals surface area contributed by atoms with Crippen LogP contribution in [0.3, 0.4) is 0 Å². The number of ether oxygens (including phenoxy) is 3. The number of carbonyl (C=O) groups is 1. The van der Waals surface area contributed by atoms with Crippen LogP contribution in [0.4, 0.5) is 5.69 Å². The van der Waals surface area contributed by atoms with E-state index in [1.807, 2.05) is 55.6 Å². The zero-order valence-corrected chi connectivity index (χ0v) is 17.8. The Hall–Kier alpha value is -4.00. The highest BCUT2D eigenvalue weighted by molar-refractivity contribution is 6.08. The summed E-state index contributed by atoms with van der Waals surface area (Å²) >= 11 is 0. The molecule has 7 heteroatoms. The quantitative estimate of drug-likeness (QED) is 0.375. The number of nitrogens with zero attached hydrogens (tertiary/aromatic N) is 2. The van der Waals surface area contributed by atoms with E-state index in [2.05, 4.69) is 5.43 Å². The molecule has 0 fully saturated rings. The van der Waals surface area contributed by atoms with Crippen LogP contribution in [-0.4, -0.2) is 39.3 Å². The maximum atomic E-state index is 13.1. The highest BCUT2D eigenvalue weighted by Gasteiger charge is 2.19. The standard InChI is InChI=1S/C24H23N3O4/c1-27(26-24(28)15-13-20(29-2)23(31-4)21(14-15)30-3)22-16-9-5-7-11-18(16)25-19-12-8-6-10-17(19)22/h5-14H,1-4H3,(H,26,28). The molecular weight excluding hydrogens is 394 g/mol. The van der Waals surface area contributed by atoms with Gasteiger partial charge in [-0.1, -0.05) is 36.4 Å². The van der Waals surface area contributed by atoms with Gasteiger partial charge in [-0.25, -0.2) is 4.98 Å². The number of pyridine rings is 1. The number of para-hydroxylation sites is 2. The summed E-state index contributed by atoms with van der Waals surface area (Å²) in [5.74, 6) is 0.941. The number of nitrogens with one attached hydrogen (secondary N) is 1. The number of carbonyl (C=O) groups excluding carboxylic acids is 1. The first-order chi connectivity index (χ1) is 15.1. The predicted octanol–water partition coefficient (Wildman–Crippen LogP) is 4.20. The fraction of sp³-hybridized carbons (Fsp3) is 0.167. The molecule has 1 heterocycles. The van der Waals surface area contributed by atoms with Gasteiger partial charge in [0.05, 0.1) is 38.1 Å². The first-order valence-corrected chi connectivity index (χ1v) is 9.69. The summed E-state index contributed by atoms with van der Waals surface area (Å²) < 4.78 is 16.1. The molecule has 1 N–H and O–H groups in total. The molecule has 0 atom stereocenters. The molecule has 0 bridgehead atoms. The molecule has 1 aromatic heterocycles. The zero-order valence-electron chi connectivity index (χ0n) is 17.8. The summed E-state index contributed by atoms with van der Waals surface area (Å²) in [7, 11) is 6.36. The maximum absolute atomic E-state index is 13.1. The lowest BCUT2D eigenvalue weighted by atomic mass is 10.1. The van der Waals surface area contributed by atoms with Crippen LogP contribution >= 0.6 is 0 Å². The van der Waals surface area contributed by atoms with E-state index in [-0.39, 0.29) is 5.91 Å². The summed E-state index contributed by atoms with van der Waals surface area (Å²) in [4.78, 5) is 17.9. The largest absolute Gasteiger partial charge is 0.493 e. The van der Waals surface area contributed by atoms with E-state index in [9.17, 15) is 4.79 Å². The summed E-state index contributed by atoms with van der Waals surface area (Å²) in [6, 6.07) is 18.9. The van der Waals surface area contributed by atoms with Crippen molar-refractivity contribution in [3.8, 4) is 17.2 Å². The van der Waals surface area contributed by atoms with Crippen LogP contribution < -0.4 is 24.6 Å². The lowest BCUT2D eigenvalue weighted by Crippen LogP contribution is -2.39. The molecule has 7 nitrogen and oxygen atoms in total. The molecule has 0 aliphatic carbocycles. The van der Waals surface area contributed by atoms with Crippen molar-refractivity contribution >= 4 is 33.4 Å². The summed E-state index contributed by atoms with van der Waals surface area (Å²) in [5, 5.41) is 3.60. The second kappa shape index (κ2) is 8.39. The second-order valence-corrected chi connectivity index (χ2v) is 6.91. The van der Waals surface area contributed by atoms with Gasteiger partial charge in [0.25, 0.3) is 5.91 Å². The lowest BCUT2D eigenvalue weighted by molar-refractivity contribution is 0.0951. The van der Waals surface area contributed by atoms with Crippen molar-refractivity contribution in [2.45, 2.75) is 0 Å². The third-order valence-corrected chi connectivity index (χ3v) is 5.09. The van der Waals surface area contributed by atoms with Crippen LogP contribution in [0.5, 0.6) is 17.2 Å². The number of fused-ring (bicyclic) bond motifs is 2. The first-order valence-electron chi connectivity index (χ1n) is 9.69. The van der Waals surface area contributed by atoms with E-state index in [1.165, 1.54) is 21.3 Å². The van der Waals surface area contributed by atoms with Gasteiger partial charge in [0, 0.05) is 23.4 Å². The topological polar surface area (TPSA) is 72.9 Å². The number of hydrogen-bond acceptors (Lipinski definition) is 6. The number of benzene rings is 3. The highest BCUT2D eigenvalue weighted by Crippen LogP contribution is 2.38. The van der Waals surface area contributed by atoms with Crippen molar-refractivity contribution < 1.29 is 19.0 Å². The Morgan fingerprint density at radius 2 is 1.35 bits per heavy atom. The molecule has 158 valence electrons. The van der Waals surface area contributed by atoms with Gasteiger partial charge >= 0.3 is 0 Å². The smallest absolute Gasteiger partial charge is 0.270 e. The Morgan fingerprint density at radius 1 is 0.839 bits per heavy atom. The number of anilines is 1. The van der Waals surface area contributed by atoms with Gasteiger partial charge in [-0.15, -0.1) is 0 Å². The van der Waals surface area contributed by atoms with Crippen molar-refractivity contribution in [1.82, 2.24) is 10.4 Å². The Balaban J connectivity index is 1.76. The summed E-state index contributed by atoms with van der Waals surface area (Å²) in [6.45, 7) is 0. The maximum Gasteiger partial charge on any atom is 0.270 e. The fourth-order valence-corrected chi connectivity index (χ4v) is 3.66. The molecular formula is C24H23N3O4. The van der Waals surface area contributed by atoms with Crippen LogP contribution in [0, 0.1) is 0 Å². The molecule has 4 rings (SSSR count). The molecule has 4 aromatic rings. The van der Waals surface area contributed by atoms with Crippen molar-refractivity contribution in [2.75, 3.05) is 33.4 Å². The van der Waals surface area contributed by atoms with Gasteiger partial charge in [-0.3, -0.25) is 15.2 Å². The SMILES string of the molecule is COc1cc(C(=O)NN(C)c2c3ccccc3nc3ccccc23)cc(OC)c1OC. The zero-order chi connectivity index (χ0) is 22.0. The number of hydrogen-bond donors (Lipinski definition) is 1.